The zero-order chi connectivity index (χ0) is 23.1. The maximum atomic E-state index is 13.2. The Labute approximate surface area is 198 Å². The van der Waals surface area contributed by atoms with Crippen molar-refractivity contribution in [3.8, 4) is 0 Å². The molecule has 0 fully saturated rings. The Balaban J connectivity index is 1.86. The fourth-order valence-electron chi connectivity index (χ4n) is 3.07. The van der Waals surface area contributed by atoms with Gasteiger partial charge in [-0.25, -0.2) is 8.42 Å². The summed E-state index contributed by atoms with van der Waals surface area (Å²) < 4.78 is 27.6. The first-order valence-corrected chi connectivity index (χ1v) is 12.1. The van der Waals surface area contributed by atoms with Crippen molar-refractivity contribution in [1.82, 2.24) is 4.31 Å². The summed E-state index contributed by atoms with van der Waals surface area (Å²) in [6.07, 6.45) is 1.51. The van der Waals surface area contributed by atoms with Crippen molar-refractivity contribution < 1.29 is 13.2 Å². The molecule has 0 aliphatic carbocycles. The molecule has 0 bridgehead atoms. The minimum absolute atomic E-state index is 0.289. The van der Waals surface area contributed by atoms with Gasteiger partial charge in [-0.1, -0.05) is 83.9 Å². The van der Waals surface area contributed by atoms with E-state index in [0.29, 0.717) is 10.7 Å². The Morgan fingerprint density at radius 2 is 1.59 bits per heavy atom. The monoisotopic (exact) mass is 488 g/mol. The first kappa shape index (κ1) is 24.0. The summed E-state index contributed by atoms with van der Waals surface area (Å²) in [7, 11) is -3.93. The first-order chi connectivity index (χ1) is 15.3. The average molecular weight is 489 g/mol. The van der Waals surface area contributed by atoms with Crippen molar-refractivity contribution in [2.24, 2.45) is 0 Å². The highest BCUT2D eigenvalue weighted by Gasteiger charge is 2.28. The van der Waals surface area contributed by atoms with E-state index in [-0.39, 0.29) is 11.6 Å². The van der Waals surface area contributed by atoms with Gasteiger partial charge in [0.1, 0.15) is 0 Å². The van der Waals surface area contributed by atoms with Crippen molar-refractivity contribution in [2.45, 2.75) is 13.0 Å². The number of hydrogen-bond donors (Lipinski definition) is 1. The smallest absolute Gasteiger partial charge is 0.239 e. The minimum Gasteiger partial charge on any atom is -0.325 e. The van der Waals surface area contributed by atoms with Crippen LogP contribution in [-0.4, -0.2) is 25.2 Å². The maximum Gasteiger partial charge on any atom is 0.239 e. The predicted molar refractivity (Wildman–Crippen MR) is 131 cm³/mol. The van der Waals surface area contributed by atoms with Crippen LogP contribution in [0, 0.1) is 0 Å². The number of sulfonamides is 1. The van der Waals surface area contributed by atoms with Crippen LogP contribution in [0.5, 0.6) is 0 Å². The molecule has 0 radical (unpaired) electrons. The van der Waals surface area contributed by atoms with Crippen LogP contribution in [0.3, 0.4) is 0 Å². The largest absolute Gasteiger partial charge is 0.325 e. The standard InChI is InChI=1S/C24H22Cl2N2O3S/c1-18(20-10-6-3-7-11-20)28(32(30,31)15-14-19-8-4-2-5-9-19)17-24(29)27-21-12-13-22(25)23(26)16-21/h2-16,18H,17H2,1H3,(H,27,29)/b15-14+/t18-/m0/s1. The number of amides is 1. The zero-order valence-electron chi connectivity index (χ0n) is 17.3. The van der Waals surface area contributed by atoms with Gasteiger partial charge in [0, 0.05) is 17.1 Å². The van der Waals surface area contributed by atoms with Crippen LogP contribution in [0.15, 0.2) is 84.3 Å². The van der Waals surface area contributed by atoms with Crippen LogP contribution >= 0.6 is 23.2 Å². The number of anilines is 1. The number of carbonyl (C=O) groups is 1. The third kappa shape index (κ3) is 6.43. The molecular weight excluding hydrogens is 467 g/mol. The maximum absolute atomic E-state index is 13.2. The van der Waals surface area contributed by atoms with Crippen LogP contribution < -0.4 is 5.32 Å². The summed E-state index contributed by atoms with van der Waals surface area (Å²) in [4.78, 5) is 12.8. The van der Waals surface area contributed by atoms with Gasteiger partial charge in [-0.3, -0.25) is 4.79 Å². The van der Waals surface area contributed by atoms with Crippen molar-refractivity contribution in [1.29, 1.82) is 0 Å². The normalized spacial score (nSPS) is 12.8. The summed E-state index contributed by atoms with van der Waals surface area (Å²) in [5, 5.41) is 4.45. The van der Waals surface area contributed by atoms with E-state index in [1.807, 2.05) is 48.5 Å². The lowest BCUT2D eigenvalue weighted by molar-refractivity contribution is -0.116. The molecular formula is C24H22Cl2N2O3S. The highest BCUT2D eigenvalue weighted by Crippen LogP contribution is 2.26. The molecule has 0 aromatic heterocycles. The van der Waals surface area contributed by atoms with E-state index < -0.39 is 22.0 Å². The van der Waals surface area contributed by atoms with Gasteiger partial charge in [0.15, 0.2) is 0 Å². The Hall–Kier alpha value is -2.64. The van der Waals surface area contributed by atoms with Crippen molar-refractivity contribution in [2.75, 3.05) is 11.9 Å². The second kappa shape index (κ2) is 10.8. The Morgan fingerprint density at radius 1 is 0.969 bits per heavy atom. The molecule has 1 N–H and O–H groups in total. The van der Waals surface area contributed by atoms with Gasteiger partial charge in [0.2, 0.25) is 15.9 Å². The van der Waals surface area contributed by atoms with Gasteiger partial charge < -0.3 is 5.32 Å². The molecule has 0 aliphatic heterocycles. The van der Waals surface area contributed by atoms with E-state index in [1.165, 1.54) is 12.1 Å². The molecule has 0 saturated carbocycles. The molecule has 3 aromatic rings. The lowest BCUT2D eigenvalue weighted by atomic mass is 10.1. The number of nitrogens with zero attached hydrogens (tertiary/aromatic N) is 1. The summed E-state index contributed by atoms with van der Waals surface area (Å²) in [5.41, 5.74) is 1.93. The van der Waals surface area contributed by atoms with Crippen molar-refractivity contribution in [3.05, 3.63) is 105 Å². The van der Waals surface area contributed by atoms with E-state index in [2.05, 4.69) is 5.32 Å². The fourth-order valence-corrected chi connectivity index (χ4v) is 4.71. The molecule has 8 heteroatoms. The lowest BCUT2D eigenvalue weighted by Gasteiger charge is -2.27. The van der Waals surface area contributed by atoms with Crippen LogP contribution in [0.2, 0.25) is 10.0 Å². The molecule has 166 valence electrons. The van der Waals surface area contributed by atoms with E-state index in [4.69, 9.17) is 23.2 Å². The summed E-state index contributed by atoms with van der Waals surface area (Å²) in [5.74, 6) is -0.497. The minimum atomic E-state index is -3.93. The fraction of sp³-hybridized carbons (Fsp3) is 0.125. The van der Waals surface area contributed by atoms with Crippen LogP contribution in [-0.2, 0) is 14.8 Å². The molecule has 0 aliphatic rings. The average Bonchev–Trinajstić information content (AvgIpc) is 2.79. The highest BCUT2D eigenvalue weighted by molar-refractivity contribution is 7.92. The number of benzene rings is 3. The van der Waals surface area contributed by atoms with Gasteiger partial charge >= 0.3 is 0 Å². The Kier molecular flexibility index (Phi) is 8.10. The van der Waals surface area contributed by atoms with Crippen LogP contribution in [0.1, 0.15) is 24.1 Å². The second-order valence-electron chi connectivity index (χ2n) is 7.07. The summed E-state index contributed by atoms with van der Waals surface area (Å²) in [6.45, 7) is 1.37. The summed E-state index contributed by atoms with van der Waals surface area (Å²) >= 11 is 11.9. The SMILES string of the molecule is C[C@@H](c1ccccc1)N(CC(=O)Nc1ccc(Cl)c(Cl)c1)S(=O)(=O)/C=C/c1ccccc1. The molecule has 0 spiro atoms. The number of rotatable bonds is 8. The summed E-state index contributed by atoms with van der Waals surface area (Å²) in [6, 6.07) is 22.3. The molecule has 1 atom stereocenters. The number of nitrogens with one attached hydrogen (secondary N) is 1. The van der Waals surface area contributed by atoms with Gasteiger partial charge in [-0.05, 0) is 42.3 Å². The van der Waals surface area contributed by atoms with Crippen molar-refractivity contribution >= 4 is 50.9 Å². The van der Waals surface area contributed by atoms with E-state index in [0.717, 1.165) is 20.8 Å². The molecule has 5 nitrogen and oxygen atoms in total. The van der Waals surface area contributed by atoms with E-state index in [1.54, 1.807) is 31.2 Å². The number of carbonyl (C=O) groups excluding carboxylic acids is 1. The van der Waals surface area contributed by atoms with E-state index in [9.17, 15) is 13.2 Å². The third-order valence-electron chi connectivity index (χ3n) is 4.78. The molecule has 32 heavy (non-hydrogen) atoms. The highest BCUT2D eigenvalue weighted by atomic mass is 35.5. The number of hydrogen-bond acceptors (Lipinski definition) is 3. The predicted octanol–water partition coefficient (Wildman–Crippen LogP) is 6.00. The topological polar surface area (TPSA) is 66.5 Å². The van der Waals surface area contributed by atoms with Crippen LogP contribution in [0.4, 0.5) is 5.69 Å². The van der Waals surface area contributed by atoms with Crippen molar-refractivity contribution in [3.63, 3.8) is 0 Å². The molecule has 0 heterocycles. The Bertz CT molecular complexity index is 1200. The first-order valence-electron chi connectivity index (χ1n) is 9.81. The van der Waals surface area contributed by atoms with Crippen LogP contribution in [0.25, 0.3) is 6.08 Å². The third-order valence-corrected chi connectivity index (χ3v) is 7.09. The molecule has 0 saturated heterocycles. The lowest BCUT2D eigenvalue weighted by Crippen LogP contribution is -2.38. The van der Waals surface area contributed by atoms with Gasteiger partial charge in [0.05, 0.1) is 16.6 Å². The van der Waals surface area contributed by atoms with Gasteiger partial charge in [-0.15, -0.1) is 0 Å². The number of halogens is 2. The molecule has 1 amide bonds. The van der Waals surface area contributed by atoms with E-state index >= 15 is 0 Å². The van der Waals surface area contributed by atoms with Gasteiger partial charge in [0.25, 0.3) is 0 Å². The Morgan fingerprint density at radius 3 is 2.22 bits per heavy atom. The molecule has 3 rings (SSSR count). The van der Waals surface area contributed by atoms with Gasteiger partial charge in [-0.2, -0.15) is 4.31 Å². The molecule has 3 aromatic carbocycles. The zero-order valence-corrected chi connectivity index (χ0v) is 19.6. The quantitative estimate of drug-likeness (QED) is 0.422. The molecule has 0 unspecified atom stereocenters. The second-order valence-corrected chi connectivity index (χ2v) is 9.65.